The number of hydrogen-bond donors (Lipinski definition) is 1. The van der Waals surface area contributed by atoms with Crippen molar-refractivity contribution in [3.05, 3.63) is 59.7 Å². The molecule has 1 N–H and O–H groups in total. The first-order valence-corrected chi connectivity index (χ1v) is 9.58. The van der Waals surface area contributed by atoms with Gasteiger partial charge >= 0.3 is 5.97 Å². The fourth-order valence-electron chi connectivity index (χ4n) is 3.51. The normalized spacial score (nSPS) is 16.6. The average Bonchev–Trinajstić information content (AvgIpc) is 3.24. The first-order chi connectivity index (χ1) is 14.0. The molecule has 0 spiro atoms. The number of nitrogens with zero attached hydrogens (tertiary/aromatic N) is 3. The van der Waals surface area contributed by atoms with Gasteiger partial charge in [0, 0.05) is 23.2 Å². The number of carboxylic acid groups (broad SMARTS) is 1. The van der Waals surface area contributed by atoms with Crippen LogP contribution >= 0.6 is 0 Å². The highest BCUT2D eigenvalue weighted by Gasteiger charge is 2.32. The van der Waals surface area contributed by atoms with Gasteiger partial charge in [-0.15, -0.1) is 10.2 Å². The Hall–Kier alpha value is -3.48. The van der Waals surface area contributed by atoms with E-state index in [4.69, 9.17) is 4.42 Å². The molecule has 0 aliphatic carbocycles. The van der Waals surface area contributed by atoms with Crippen molar-refractivity contribution < 1.29 is 19.1 Å². The molecule has 0 bridgehead atoms. The molecular formula is C22H21N3O4. The van der Waals surface area contributed by atoms with Crippen LogP contribution in [0.25, 0.3) is 22.9 Å². The van der Waals surface area contributed by atoms with Crippen LogP contribution in [0, 0.1) is 6.92 Å². The number of carbonyl (C=O) groups is 2. The molecule has 2 heterocycles. The summed E-state index contributed by atoms with van der Waals surface area (Å²) in [7, 11) is 0. The van der Waals surface area contributed by atoms with Gasteiger partial charge in [-0.3, -0.25) is 4.79 Å². The van der Waals surface area contributed by atoms with Crippen molar-refractivity contribution in [3.8, 4) is 22.9 Å². The van der Waals surface area contributed by atoms with E-state index < -0.39 is 12.0 Å². The van der Waals surface area contributed by atoms with Gasteiger partial charge in [0.25, 0.3) is 5.91 Å². The van der Waals surface area contributed by atoms with Gasteiger partial charge in [-0.2, -0.15) is 0 Å². The molecule has 29 heavy (non-hydrogen) atoms. The van der Waals surface area contributed by atoms with E-state index in [1.54, 1.807) is 24.3 Å². The summed E-state index contributed by atoms with van der Waals surface area (Å²) in [5, 5.41) is 17.6. The van der Waals surface area contributed by atoms with E-state index in [-0.39, 0.29) is 5.91 Å². The molecule has 1 fully saturated rings. The maximum atomic E-state index is 12.8. The summed E-state index contributed by atoms with van der Waals surface area (Å²) in [6.07, 6.45) is 2.13. The van der Waals surface area contributed by atoms with Crippen molar-refractivity contribution in [2.45, 2.75) is 32.2 Å². The maximum absolute atomic E-state index is 12.8. The van der Waals surface area contributed by atoms with Crippen LogP contribution in [0.4, 0.5) is 0 Å². The Bertz CT molecular complexity index is 1020. The largest absolute Gasteiger partial charge is 0.480 e. The SMILES string of the molecule is Cc1ccc(-c2nnc(-c3ccc(C(=O)N4CCCCC4C(=O)O)cc3)o2)cc1. The number of piperidine rings is 1. The maximum Gasteiger partial charge on any atom is 0.326 e. The van der Waals surface area contributed by atoms with Crippen LogP contribution in [0.5, 0.6) is 0 Å². The molecule has 7 heteroatoms. The van der Waals surface area contributed by atoms with Gasteiger partial charge in [-0.25, -0.2) is 4.79 Å². The third kappa shape index (κ3) is 3.89. The number of likely N-dealkylation sites (tertiary alicyclic amines) is 1. The first kappa shape index (κ1) is 18.9. The Morgan fingerprint density at radius 1 is 0.966 bits per heavy atom. The highest BCUT2D eigenvalue weighted by molar-refractivity contribution is 5.97. The van der Waals surface area contributed by atoms with Crippen molar-refractivity contribution in [2.24, 2.45) is 0 Å². The molecule has 148 valence electrons. The lowest BCUT2D eigenvalue weighted by Crippen LogP contribution is -2.47. The number of carboxylic acids is 1. The second-order valence-corrected chi connectivity index (χ2v) is 7.20. The third-order valence-electron chi connectivity index (χ3n) is 5.15. The van der Waals surface area contributed by atoms with Crippen molar-refractivity contribution in [1.82, 2.24) is 15.1 Å². The van der Waals surface area contributed by atoms with Gasteiger partial charge < -0.3 is 14.4 Å². The molecule has 1 aromatic heterocycles. The number of aliphatic carboxylic acids is 1. The Kier molecular flexibility index (Phi) is 5.12. The van der Waals surface area contributed by atoms with E-state index in [9.17, 15) is 14.7 Å². The minimum absolute atomic E-state index is 0.269. The molecule has 3 aromatic rings. The van der Waals surface area contributed by atoms with Crippen molar-refractivity contribution in [1.29, 1.82) is 0 Å². The van der Waals surface area contributed by atoms with Gasteiger partial charge in [0.2, 0.25) is 11.8 Å². The molecule has 1 saturated heterocycles. The second kappa shape index (κ2) is 7.87. The van der Waals surface area contributed by atoms with E-state index in [1.807, 2.05) is 31.2 Å². The summed E-state index contributed by atoms with van der Waals surface area (Å²) >= 11 is 0. The molecular weight excluding hydrogens is 370 g/mol. The molecule has 7 nitrogen and oxygen atoms in total. The second-order valence-electron chi connectivity index (χ2n) is 7.20. The highest BCUT2D eigenvalue weighted by atomic mass is 16.4. The Morgan fingerprint density at radius 2 is 1.55 bits per heavy atom. The topological polar surface area (TPSA) is 96.5 Å². The third-order valence-corrected chi connectivity index (χ3v) is 5.15. The van der Waals surface area contributed by atoms with E-state index in [1.165, 1.54) is 4.90 Å². The van der Waals surface area contributed by atoms with Gasteiger partial charge in [0.1, 0.15) is 6.04 Å². The molecule has 0 radical (unpaired) electrons. The van der Waals surface area contributed by atoms with Gasteiger partial charge in [-0.1, -0.05) is 17.7 Å². The molecule has 1 amide bonds. The predicted octanol–water partition coefficient (Wildman–Crippen LogP) is 3.79. The first-order valence-electron chi connectivity index (χ1n) is 9.58. The predicted molar refractivity (Wildman–Crippen MR) is 106 cm³/mol. The van der Waals surface area contributed by atoms with Crippen LogP contribution in [0.15, 0.2) is 52.9 Å². The van der Waals surface area contributed by atoms with Crippen LogP contribution in [0.2, 0.25) is 0 Å². The standard InChI is InChI=1S/C22H21N3O4/c1-14-5-7-15(8-6-14)19-23-24-20(29-19)16-9-11-17(12-10-16)21(26)25-13-3-2-4-18(25)22(27)28/h5-12,18H,2-4,13H2,1H3,(H,27,28). The summed E-state index contributed by atoms with van der Waals surface area (Å²) in [6, 6.07) is 13.8. The zero-order valence-electron chi connectivity index (χ0n) is 16.0. The summed E-state index contributed by atoms with van der Waals surface area (Å²) in [4.78, 5) is 25.7. The molecule has 2 aromatic carbocycles. The minimum atomic E-state index is -0.954. The van der Waals surface area contributed by atoms with Gasteiger partial charge in [0.15, 0.2) is 0 Å². The Morgan fingerprint density at radius 3 is 2.14 bits per heavy atom. The van der Waals surface area contributed by atoms with Gasteiger partial charge in [-0.05, 0) is 62.6 Å². The van der Waals surface area contributed by atoms with E-state index in [0.29, 0.717) is 35.9 Å². The lowest BCUT2D eigenvalue weighted by Gasteiger charge is -2.33. The van der Waals surface area contributed by atoms with Crippen molar-refractivity contribution in [3.63, 3.8) is 0 Å². The lowest BCUT2D eigenvalue weighted by molar-refractivity contribution is -0.143. The minimum Gasteiger partial charge on any atom is -0.480 e. The number of aryl methyl sites for hydroxylation is 1. The molecule has 4 rings (SSSR count). The van der Waals surface area contributed by atoms with E-state index >= 15 is 0 Å². The lowest BCUT2D eigenvalue weighted by atomic mass is 10.0. The number of carbonyl (C=O) groups excluding carboxylic acids is 1. The highest BCUT2D eigenvalue weighted by Crippen LogP contribution is 2.25. The zero-order chi connectivity index (χ0) is 20.4. The van der Waals surface area contributed by atoms with Crippen LogP contribution in [-0.4, -0.2) is 44.7 Å². The van der Waals surface area contributed by atoms with E-state index in [0.717, 1.165) is 24.0 Å². The molecule has 1 aliphatic heterocycles. The zero-order valence-corrected chi connectivity index (χ0v) is 16.0. The summed E-state index contributed by atoms with van der Waals surface area (Å²) in [5.41, 5.74) is 3.12. The summed E-state index contributed by atoms with van der Waals surface area (Å²) in [6.45, 7) is 2.47. The smallest absolute Gasteiger partial charge is 0.326 e. The quantitative estimate of drug-likeness (QED) is 0.727. The average molecular weight is 391 g/mol. The number of rotatable bonds is 4. The van der Waals surface area contributed by atoms with Crippen molar-refractivity contribution in [2.75, 3.05) is 6.54 Å². The fourth-order valence-corrected chi connectivity index (χ4v) is 3.51. The Labute approximate surface area is 168 Å². The number of hydrogen-bond acceptors (Lipinski definition) is 5. The van der Waals surface area contributed by atoms with Gasteiger partial charge in [0.05, 0.1) is 0 Å². The Balaban J connectivity index is 1.53. The molecule has 1 unspecified atom stereocenters. The van der Waals surface area contributed by atoms with Crippen LogP contribution in [0.1, 0.15) is 35.2 Å². The number of aromatic nitrogens is 2. The van der Waals surface area contributed by atoms with E-state index in [2.05, 4.69) is 10.2 Å². The van der Waals surface area contributed by atoms with Crippen LogP contribution in [-0.2, 0) is 4.79 Å². The fraction of sp³-hybridized carbons (Fsp3) is 0.273. The number of amides is 1. The molecule has 0 saturated carbocycles. The van der Waals surface area contributed by atoms with Crippen LogP contribution < -0.4 is 0 Å². The summed E-state index contributed by atoms with van der Waals surface area (Å²) in [5.74, 6) is -0.433. The molecule has 1 aliphatic rings. The monoisotopic (exact) mass is 391 g/mol. The number of benzene rings is 2. The van der Waals surface area contributed by atoms with Crippen molar-refractivity contribution >= 4 is 11.9 Å². The molecule has 1 atom stereocenters. The summed E-state index contributed by atoms with van der Waals surface area (Å²) < 4.78 is 5.77. The van der Waals surface area contributed by atoms with Crippen LogP contribution in [0.3, 0.4) is 0 Å².